The molecule has 0 heterocycles. The van der Waals surface area contributed by atoms with E-state index in [1.807, 2.05) is 72.8 Å². The van der Waals surface area contributed by atoms with E-state index in [1.165, 1.54) is 16.7 Å². The Bertz CT molecular complexity index is 695. The Labute approximate surface area is 187 Å². The van der Waals surface area contributed by atoms with Crippen molar-refractivity contribution in [2.24, 2.45) is 0 Å². The standard InChI is InChI=1S/3C7H8O.Na.Sn.2H/c3*1-6-2-4-7(8)5-3-6;;;;/h3*2-5,8H,1H3;;;;/q;;;+1;+3;;-1/p-3. The van der Waals surface area contributed by atoms with Crippen LogP contribution in [-0.2, 0) is 0 Å². The summed E-state index contributed by atoms with van der Waals surface area (Å²) in [7, 11) is 0. The van der Waals surface area contributed by atoms with E-state index >= 15 is 0 Å². The maximum Gasteiger partial charge on any atom is 1.00 e. The normalized spacial score (nSPS) is 10.2. The molecule has 0 saturated carbocycles. The van der Waals surface area contributed by atoms with Crippen LogP contribution in [0.5, 0.6) is 17.2 Å². The van der Waals surface area contributed by atoms with Gasteiger partial charge in [-0.25, -0.2) is 0 Å². The SMILES string of the molecule is Cc1ccc([O][SnH]([O]c2ccc(C)cc2)[O]c2ccc(C)cc2)cc1.[H-].[Na+]. The van der Waals surface area contributed by atoms with Gasteiger partial charge in [0.2, 0.25) is 0 Å². The molecule has 0 radical (unpaired) electrons. The van der Waals surface area contributed by atoms with Crippen LogP contribution in [0.4, 0.5) is 0 Å². The summed E-state index contributed by atoms with van der Waals surface area (Å²) in [4.78, 5) is 0. The zero-order chi connectivity index (χ0) is 17.6. The third kappa shape index (κ3) is 6.54. The van der Waals surface area contributed by atoms with Crippen LogP contribution in [0.25, 0.3) is 0 Å². The first-order chi connectivity index (χ1) is 12.1. The molecule has 5 heteroatoms. The third-order valence-corrected chi connectivity index (χ3v) is 7.74. The molecular weight excluding hydrogens is 442 g/mol. The molecule has 0 bridgehead atoms. The molecule has 0 aliphatic heterocycles. The van der Waals surface area contributed by atoms with E-state index in [0.717, 1.165) is 17.2 Å². The summed E-state index contributed by atoms with van der Waals surface area (Å²) < 4.78 is 18.3. The average Bonchev–Trinajstić information content (AvgIpc) is 2.61. The van der Waals surface area contributed by atoms with E-state index in [-0.39, 0.29) is 31.0 Å². The van der Waals surface area contributed by atoms with Crippen molar-refractivity contribution >= 4 is 21.0 Å². The minimum atomic E-state index is -3.27. The second-order valence-corrected chi connectivity index (χ2v) is 9.75. The van der Waals surface area contributed by atoms with Crippen LogP contribution in [0.1, 0.15) is 18.1 Å². The van der Waals surface area contributed by atoms with Gasteiger partial charge in [0.1, 0.15) is 0 Å². The van der Waals surface area contributed by atoms with Crippen LogP contribution in [0.2, 0.25) is 0 Å². The van der Waals surface area contributed by atoms with E-state index in [4.69, 9.17) is 9.22 Å². The largest absolute Gasteiger partial charge is 1.00 e. The van der Waals surface area contributed by atoms with Crippen molar-refractivity contribution in [3.05, 3.63) is 89.5 Å². The van der Waals surface area contributed by atoms with Crippen LogP contribution in [0, 0.1) is 20.8 Å². The second-order valence-electron chi connectivity index (χ2n) is 6.08. The Morgan fingerprint density at radius 2 is 0.731 bits per heavy atom. The molecule has 0 atom stereocenters. The second kappa shape index (κ2) is 10.3. The van der Waals surface area contributed by atoms with E-state index in [2.05, 4.69) is 20.8 Å². The minimum absolute atomic E-state index is 0. The van der Waals surface area contributed by atoms with E-state index in [9.17, 15) is 0 Å². The third-order valence-electron chi connectivity index (χ3n) is 3.76. The van der Waals surface area contributed by atoms with Gasteiger partial charge < -0.3 is 1.43 Å². The fourth-order valence-electron chi connectivity index (χ4n) is 2.26. The molecule has 0 unspecified atom stereocenters. The molecule has 3 aromatic rings. The summed E-state index contributed by atoms with van der Waals surface area (Å²) in [5.74, 6) is 2.35. The predicted octanol–water partition coefficient (Wildman–Crippen LogP) is 1.98. The van der Waals surface area contributed by atoms with Gasteiger partial charge in [0.15, 0.2) is 0 Å². The molecule has 3 rings (SSSR count). The molecular formula is C21H23NaO3Sn. The Morgan fingerprint density at radius 1 is 0.500 bits per heavy atom. The number of hydrogen-bond donors (Lipinski definition) is 0. The molecule has 0 N–H and O–H groups in total. The number of rotatable bonds is 6. The van der Waals surface area contributed by atoms with E-state index < -0.39 is 21.0 Å². The van der Waals surface area contributed by atoms with Crippen molar-refractivity contribution in [2.45, 2.75) is 20.8 Å². The molecule has 3 aromatic carbocycles. The van der Waals surface area contributed by atoms with Crippen molar-refractivity contribution in [3.63, 3.8) is 0 Å². The van der Waals surface area contributed by atoms with Crippen LogP contribution in [-0.4, -0.2) is 21.0 Å². The van der Waals surface area contributed by atoms with Crippen LogP contribution >= 0.6 is 0 Å². The summed E-state index contributed by atoms with van der Waals surface area (Å²) in [6.45, 7) is 6.16. The molecule has 26 heavy (non-hydrogen) atoms. The zero-order valence-electron chi connectivity index (χ0n) is 16.7. The average molecular weight is 465 g/mol. The van der Waals surface area contributed by atoms with Crippen molar-refractivity contribution in [1.82, 2.24) is 0 Å². The fourth-order valence-corrected chi connectivity index (χ4v) is 5.92. The van der Waals surface area contributed by atoms with Gasteiger partial charge >= 0.3 is 187 Å². The zero-order valence-corrected chi connectivity index (χ0v) is 21.0. The Hall–Kier alpha value is -1.14. The first-order valence-electron chi connectivity index (χ1n) is 8.28. The van der Waals surface area contributed by atoms with Crippen LogP contribution in [0.3, 0.4) is 0 Å². The Kier molecular flexibility index (Phi) is 8.35. The number of aryl methyl sites for hydroxylation is 3. The Morgan fingerprint density at radius 3 is 0.962 bits per heavy atom. The van der Waals surface area contributed by atoms with Gasteiger partial charge in [0, 0.05) is 0 Å². The van der Waals surface area contributed by atoms with E-state index in [0.29, 0.717) is 0 Å². The van der Waals surface area contributed by atoms with Crippen LogP contribution < -0.4 is 38.8 Å². The number of hydrogen-bond acceptors (Lipinski definition) is 3. The fraction of sp³-hybridized carbons (Fsp3) is 0.143. The van der Waals surface area contributed by atoms with Crippen molar-refractivity contribution < 1.29 is 40.2 Å². The van der Waals surface area contributed by atoms with Crippen molar-refractivity contribution in [3.8, 4) is 17.2 Å². The molecule has 130 valence electrons. The summed E-state index contributed by atoms with van der Waals surface area (Å²) in [5.41, 5.74) is 3.58. The molecule has 3 nitrogen and oxygen atoms in total. The maximum absolute atomic E-state index is 6.10. The monoisotopic (exact) mass is 466 g/mol. The molecule has 0 aromatic heterocycles. The summed E-state index contributed by atoms with van der Waals surface area (Å²) in [6.07, 6.45) is 0. The van der Waals surface area contributed by atoms with Gasteiger partial charge in [-0.15, -0.1) is 0 Å². The summed E-state index contributed by atoms with van der Waals surface area (Å²) in [6, 6.07) is 23.9. The van der Waals surface area contributed by atoms with E-state index in [1.54, 1.807) is 0 Å². The van der Waals surface area contributed by atoms with Crippen molar-refractivity contribution in [1.29, 1.82) is 0 Å². The van der Waals surface area contributed by atoms with Gasteiger partial charge in [-0.3, -0.25) is 0 Å². The molecule has 0 fully saturated rings. The van der Waals surface area contributed by atoms with Gasteiger partial charge in [0.05, 0.1) is 0 Å². The molecule has 0 amide bonds. The summed E-state index contributed by atoms with van der Waals surface area (Å²) >= 11 is -3.27. The maximum atomic E-state index is 6.10. The van der Waals surface area contributed by atoms with Crippen molar-refractivity contribution in [2.75, 3.05) is 0 Å². The molecule has 0 aliphatic carbocycles. The molecule has 0 aliphatic rings. The smallest absolute Gasteiger partial charge is 1.00 e. The predicted molar refractivity (Wildman–Crippen MR) is 104 cm³/mol. The molecule has 0 saturated heterocycles. The van der Waals surface area contributed by atoms with Gasteiger partial charge in [-0.05, 0) is 0 Å². The van der Waals surface area contributed by atoms with Gasteiger partial charge in [-0.2, -0.15) is 0 Å². The van der Waals surface area contributed by atoms with Gasteiger partial charge in [-0.1, -0.05) is 0 Å². The topological polar surface area (TPSA) is 27.7 Å². The summed E-state index contributed by atoms with van der Waals surface area (Å²) in [5, 5.41) is 0. The first kappa shape index (κ1) is 21.2. The molecule has 0 spiro atoms. The quantitative estimate of drug-likeness (QED) is 0.522. The number of benzene rings is 3. The minimum Gasteiger partial charge on any atom is -1.00 e. The Balaban J connectivity index is 0.00000182. The van der Waals surface area contributed by atoms with Crippen LogP contribution in [0.15, 0.2) is 72.8 Å². The van der Waals surface area contributed by atoms with Gasteiger partial charge in [0.25, 0.3) is 0 Å². The first-order valence-corrected chi connectivity index (χ1v) is 12.3.